The number of benzene rings is 1. The van der Waals surface area contributed by atoms with Crippen LogP contribution in [-0.2, 0) is 6.42 Å². The second kappa shape index (κ2) is 8.34. The van der Waals surface area contributed by atoms with Crippen LogP contribution in [0.5, 0.6) is 0 Å². The lowest BCUT2D eigenvalue weighted by atomic mass is 9.87. The highest BCUT2D eigenvalue weighted by molar-refractivity contribution is 6.31. The van der Waals surface area contributed by atoms with Crippen molar-refractivity contribution in [1.82, 2.24) is 9.88 Å². The van der Waals surface area contributed by atoms with Crippen LogP contribution in [0, 0.1) is 12.7 Å². The Kier molecular flexibility index (Phi) is 4.63. The minimum absolute atomic E-state index is 0.0946. The topological polar surface area (TPSA) is 33.2 Å². The number of alkyl halides is 1. The Bertz CT molecular complexity index is 974. The second-order valence-electron chi connectivity index (χ2n) is 6.72. The van der Waals surface area contributed by atoms with E-state index in [0.29, 0.717) is 11.3 Å². The second-order valence-corrected chi connectivity index (χ2v) is 7.13. The molecule has 0 aliphatic carbocycles. The fourth-order valence-electron chi connectivity index (χ4n) is 2.90. The number of rotatable bonds is 5. The number of carbonyl (C=O) groups is 1. The molecule has 1 aromatic carbocycles. The maximum atomic E-state index is 15.7. The van der Waals surface area contributed by atoms with Crippen LogP contribution in [0.1, 0.15) is 52.7 Å². The molecule has 3 nitrogen and oxygen atoms in total. The molecule has 0 saturated carbocycles. The van der Waals surface area contributed by atoms with Crippen molar-refractivity contribution in [3.05, 3.63) is 64.2 Å². The smallest absolute Gasteiger partial charge is 0.253 e. The van der Waals surface area contributed by atoms with Crippen molar-refractivity contribution in [3.63, 3.8) is 0 Å². The summed E-state index contributed by atoms with van der Waals surface area (Å²) in [5, 5.41) is -0.309. The minimum Gasteiger partial charge on any atom is -0.338 e. The first-order valence-electron chi connectivity index (χ1n) is 10.8. The van der Waals surface area contributed by atoms with E-state index < -0.39 is 30.3 Å². The number of pyridine rings is 1. The van der Waals surface area contributed by atoms with E-state index >= 15 is 4.39 Å². The molecule has 1 aliphatic rings. The molecule has 0 radical (unpaired) electrons. The molecule has 1 amide bonds. The Labute approximate surface area is 169 Å². The summed E-state index contributed by atoms with van der Waals surface area (Å²) >= 11 is 5.71. The molecule has 2 heterocycles. The van der Waals surface area contributed by atoms with Gasteiger partial charge in [0.15, 0.2) is 0 Å². The first-order valence-corrected chi connectivity index (χ1v) is 9.14. The number of nitrogens with zero attached hydrogens (tertiary/aromatic N) is 2. The van der Waals surface area contributed by atoms with Gasteiger partial charge in [-0.1, -0.05) is 17.7 Å². The van der Waals surface area contributed by atoms with Crippen molar-refractivity contribution < 1.29 is 19.1 Å². The molecule has 27 heavy (non-hydrogen) atoms. The lowest BCUT2D eigenvalue weighted by molar-refractivity contribution is 0.0389. The Hall–Kier alpha value is -2.01. The number of carbonyl (C=O) groups excluding carboxylic acids is 1. The summed E-state index contributed by atoms with van der Waals surface area (Å²) in [6, 6.07) is 6.88. The summed E-state index contributed by atoms with van der Waals surface area (Å²) in [6.07, 6.45) is -1.12. The predicted molar refractivity (Wildman–Crippen MR) is 102 cm³/mol. The summed E-state index contributed by atoms with van der Waals surface area (Å²) in [7, 11) is 0. The first-order chi connectivity index (χ1) is 14.4. The number of piperidine rings is 1. The molecular weight excluding hydrogens is 370 g/mol. The van der Waals surface area contributed by atoms with Gasteiger partial charge >= 0.3 is 0 Å². The number of amides is 1. The van der Waals surface area contributed by atoms with E-state index in [1.807, 2.05) is 19.1 Å². The van der Waals surface area contributed by atoms with Gasteiger partial charge in [0.2, 0.25) is 0 Å². The third-order valence-electron chi connectivity index (χ3n) is 4.54. The number of hydrogen-bond acceptors (Lipinski definition) is 2. The number of halogens is 3. The van der Waals surface area contributed by atoms with Crippen molar-refractivity contribution >= 4 is 17.5 Å². The Morgan fingerprint density at radius 1 is 1.41 bits per heavy atom. The van der Waals surface area contributed by atoms with Gasteiger partial charge in [0.1, 0.15) is 11.5 Å². The van der Waals surface area contributed by atoms with E-state index in [4.69, 9.17) is 17.1 Å². The van der Waals surface area contributed by atoms with E-state index in [1.165, 1.54) is 0 Å². The summed E-state index contributed by atoms with van der Waals surface area (Å²) < 4.78 is 62.2. The van der Waals surface area contributed by atoms with Crippen LogP contribution in [0.25, 0.3) is 0 Å². The van der Waals surface area contributed by atoms with Crippen LogP contribution in [0.4, 0.5) is 8.78 Å². The van der Waals surface area contributed by atoms with Gasteiger partial charge in [-0.25, -0.2) is 8.78 Å². The molecule has 1 unspecified atom stereocenters. The molecule has 0 bridgehead atoms. The fourth-order valence-corrected chi connectivity index (χ4v) is 3.08. The van der Waals surface area contributed by atoms with Gasteiger partial charge in [-0.3, -0.25) is 9.78 Å². The SMILES string of the molecule is [2H]C1([2H])N(C(=O)c2ccc(F)c(Cl)c2)CCC(F)(CCCc2ccc(C)cn2)C1([2H])[2H]. The van der Waals surface area contributed by atoms with Crippen molar-refractivity contribution in [2.75, 3.05) is 13.0 Å². The molecule has 2 aromatic rings. The zero-order chi connectivity index (χ0) is 23.0. The number of aromatic nitrogens is 1. The van der Waals surface area contributed by atoms with Gasteiger partial charge < -0.3 is 4.90 Å². The maximum absolute atomic E-state index is 15.7. The van der Waals surface area contributed by atoms with Crippen LogP contribution < -0.4 is 0 Å². The molecule has 144 valence electrons. The number of aryl methyl sites for hydroxylation is 2. The van der Waals surface area contributed by atoms with Crippen molar-refractivity contribution in [3.8, 4) is 0 Å². The van der Waals surface area contributed by atoms with Crippen LogP contribution >= 0.6 is 11.6 Å². The lowest BCUT2D eigenvalue weighted by Gasteiger charge is -2.36. The molecule has 1 saturated heterocycles. The fraction of sp³-hybridized carbons (Fsp3) is 0.429. The van der Waals surface area contributed by atoms with Gasteiger partial charge in [-0.15, -0.1) is 0 Å². The van der Waals surface area contributed by atoms with Crippen LogP contribution in [0.2, 0.25) is 5.02 Å². The molecule has 1 aromatic heterocycles. The Balaban J connectivity index is 1.76. The van der Waals surface area contributed by atoms with Crippen LogP contribution in [0.3, 0.4) is 0 Å². The van der Waals surface area contributed by atoms with Gasteiger partial charge in [0.05, 0.1) is 5.02 Å². The zero-order valence-electron chi connectivity index (χ0n) is 18.9. The first kappa shape index (κ1) is 15.0. The predicted octanol–water partition coefficient (Wildman–Crippen LogP) is 5.15. The monoisotopic (exact) mass is 396 g/mol. The Morgan fingerprint density at radius 2 is 2.22 bits per heavy atom. The average Bonchev–Trinajstić information content (AvgIpc) is 2.70. The van der Waals surface area contributed by atoms with Crippen LogP contribution in [-0.4, -0.2) is 34.5 Å². The van der Waals surface area contributed by atoms with Crippen molar-refractivity contribution in [2.24, 2.45) is 0 Å². The van der Waals surface area contributed by atoms with Gasteiger partial charge in [-0.2, -0.15) is 0 Å². The van der Waals surface area contributed by atoms with Gasteiger partial charge in [0.25, 0.3) is 5.91 Å². The molecular formula is C21H23ClF2N2O. The van der Waals surface area contributed by atoms with E-state index in [9.17, 15) is 9.18 Å². The standard InChI is InChI=1S/C21H23ClF2N2O/c1-15-4-6-17(25-14-15)3-2-8-21(24)9-11-26(12-10-21)20(27)16-5-7-19(23)18(22)13-16/h4-7,13-14H,2-3,8-12H2,1H3/i9D2,11D2. The van der Waals surface area contributed by atoms with Gasteiger partial charge in [-0.05, 0) is 68.8 Å². The summed E-state index contributed by atoms with van der Waals surface area (Å²) in [5.41, 5.74) is -0.811. The van der Waals surface area contributed by atoms with Crippen molar-refractivity contribution in [2.45, 2.75) is 44.6 Å². The Morgan fingerprint density at radius 3 is 2.93 bits per heavy atom. The zero-order valence-corrected chi connectivity index (χ0v) is 15.7. The maximum Gasteiger partial charge on any atom is 0.253 e. The van der Waals surface area contributed by atoms with Crippen molar-refractivity contribution in [1.29, 1.82) is 0 Å². The molecule has 1 aliphatic heterocycles. The number of hydrogen-bond donors (Lipinski definition) is 0. The summed E-state index contributed by atoms with van der Waals surface area (Å²) in [4.78, 5) is 17.7. The van der Waals surface area contributed by atoms with E-state index in [-0.39, 0.29) is 36.4 Å². The molecule has 3 rings (SSSR count). The van der Waals surface area contributed by atoms with E-state index in [2.05, 4.69) is 4.98 Å². The summed E-state index contributed by atoms with van der Waals surface area (Å²) in [5.74, 6) is -1.61. The lowest BCUT2D eigenvalue weighted by Crippen LogP contribution is -2.44. The molecule has 1 atom stereocenters. The molecule has 0 N–H and O–H groups in total. The third kappa shape index (κ3) is 5.04. The molecule has 1 fully saturated rings. The molecule has 0 spiro atoms. The largest absolute Gasteiger partial charge is 0.338 e. The van der Waals surface area contributed by atoms with Gasteiger partial charge in [0, 0.05) is 36.0 Å². The summed E-state index contributed by atoms with van der Waals surface area (Å²) in [6.45, 7) is -1.33. The minimum atomic E-state index is -2.96. The van der Waals surface area contributed by atoms with E-state index in [0.717, 1.165) is 29.5 Å². The molecule has 6 heteroatoms. The quantitative estimate of drug-likeness (QED) is 0.700. The van der Waals surface area contributed by atoms with E-state index in [1.54, 1.807) is 6.20 Å². The average molecular weight is 397 g/mol. The van der Waals surface area contributed by atoms with Crippen LogP contribution in [0.15, 0.2) is 36.5 Å². The third-order valence-corrected chi connectivity index (χ3v) is 4.83. The highest BCUT2D eigenvalue weighted by Gasteiger charge is 2.35. The normalized spacial score (nSPS) is 25.9. The number of likely N-dealkylation sites (tertiary alicyclic amines) is 1. The highest BCUT2D eigenvalue weighted by Crippen LogP contribution is 2.32. The highest BCUT2D eigenvalue weighted by atomic mass is 35.5.